The van der Waals surface area contributed by atoms with Crippen LogP contribution in [0.4, 0.5) is 5.69 Å². The molecule has 0 unspecified atom stereocenters. The van der Waals surface area contributed by atoms with Gasteiger partial charge in [0.05, 0.1) is 19.2 Å². The predicted octanol–water partition coefficient (Wildman–Crippen LogP) is 2.22. The highest BCUT2D eigenvalue weighted by molar-refractivity contribution is 5.95. The quantitative estimate of drug-likeness (QED) is 0.729. The van der Waals surface area contributed by atoms with E-state index in [1.54, 1.807) is 12.1 Å². The summed E-state index contributed by atoms with van der Waals surface area (Å²) in [5.74, 6) is -0.765. The number of benzene rings is 2. The predicted molar refractivity (Wildman–Crippen MR) is 101 cm³/mol. The standard InChI is InChI=1S/C20H22N2O5/c1-13-5-4-6-14(2)19(13)22-17(23)11-21-18(24)12-27-16-9-7-15(8-10-16)20(25)26-3/h4-10H,11-12H2,1-3H3,(H,21,24)(H,22,23). The summed E-state index contributed by atoms with van der Waals surface area (Å²) in [5, 5.41) is 5.29. The van der Waals surface area contributed by atoms with Crippen LogP contribution >= 0.6 is 0 Å². The maximum atomic E-state index is 12.0. The Morgan fingerprint density at radius 3 is 2.15 bits per heavy atom. The van der Waals surface area contributed by atoms with Crippen LogP contribution in [0.1, 0.15) is 21.5 Å². The Hall–Kier alpha value is -3.35. The van der Waals surface area contributed by atoms with Crippen LogP contribution in [0.25, 0.3) is 0 Å². The SMILES string of the molecule is COC(=O)c1ccc(OCC(=O)NCC(=O)Nc2c(C)cccc2C)cc1. The van der Waals surface area contributed by atoms with E-state index >= 15 is 0 Å². The fraction of sp³-hybridized carbons (Fsp3) is 0.250. The average molecular weight is 370 g/mol. The smallest absolute Gasteiger partial charge is 0.337 e. The molecule has 0 fully saturated rings. The van der Waals surface area contributed by atoms with E-state index in [0.717, 1.165) is 16.8 Å². The van der Waals surface area contributed by atoms with Gasteiger partial charge in [-0.3, -0.25) is 9.59 Å². The number of esters is 1. The number of carbonyl (C=O) groups is 3. The van der Waals surface area contributed by atoms with Crippen LogP contribution in [0.3, 0.4) is 0 Å². The highest BCUT2D eigenvalue weighted by Crippen LogP contribution is 2.19. The summed E-state index contributed by atoms with van der Waals surface area (Å²) in [6.07, 6.45) is 0. The highest BCUT2D eigenvalue weighted by Gasteiger charge is 2.10. The van der Waals surface area contributed by atoms with E-state index in [4.69, 9.17) is 4.74 Å². The summed E-state index contributed by atoms with van der Waals surface area (Å²) in [6.45, 7) is 3.41. The molecule has 2 aromatic rings. The number of hydrogen-bond acceptors (Lipinski definition) is 5. The van der Waals surface area contributed by atoms with Crippen molar-refractivity contribution in [2.24, 2.45) is 0 Å². The second kappa shape index (κ2) is 9.38. The summed E-state index contributed by atoms with van der Waals surface area (Å²) in [4.78, 5) is 35.2. The molecule has 0 heterocycles. The normalized spacial score (nSPS) is 10.0. The van der Waals surface area contributed by atoms with Gasteiger partial charge >= 0.3 is 5.97 Å². The van der Waals surface area contributed by atoms with Gasteiger partial charge in [-0.15, -0.1) is 0 Å². The number of carbonyl (C=O) groups excluding carboxylic acids is 3. The van der Waals surface area contributed by atoms with Crippen molar-refractivity contribution in [2.45, 2.75) is 13.8 Å². The molecular weight excluding hydrogens is 348 g/mol. The van der Waals surface area contributed by atoms with Gasteiger partial charge in [0.1, 0.15) is 5.75 Å². The molecule has 0 aromatic heterocycles. The summed E-state index contributed by atoms with van der Waals surface area (Å²) < 4.78 is 9.93. The molecule has 2 amide bonds. The molecule has 2 rings (SSSR count). The number of para-hydroxylation sites is 1. The van der Waals surface area contributed by atoms with E-state index in [0.29, 0.717) is 11.3 Å². The van der Waals surface area contributed by atoms with Crippen LogP contribution in [0.2, 0.25) is 0 Å². The van der Waals surface area contributed by atoms with E-state index in [2.05, 4.69) is 15.4 Å². The van der Waals surface area contributed by atoms with Gasteiger partial charge in [0.2, 0.25) is 5.91 Å². The van der Waals surface area contributed by atoms with Gasteiger partial charge in [-0.05, 0) is 49.2 Å². The van der Waals surface area contributed by atoms with Crippen LogP contribution in [0.5, 0.6) is 5.75 Å². The zero-order chi connectivity index (χ0) is 19.8. The van der Waals surface area contributed by atoms with Crippen molar-refractivity contribution in [2.75, 3.05) is 25.6 Å². The van der Waals surface area contributed by atoms with Crippen molar-refractivity contribution in [3.8, 4) is 5.75 Å². The highest BCUT2D eigenvalue weighted by atomic mass is 16.5. The number of nitrogens with one attached hydrogen (secondary N) is 2. The summed E-state index contributed by atoms with van der Waals surface area (Å²) in [5.41, 5.74) is 3.04. The maximum absolute atomic E-state index is 12.0. The van der Waals surface area contributed by atoms with E-state index in [-0.39, 0.29) is 19.1 Å². The van der Waals surface area contributed by atoms with Crippen molar-refractivity contribution in [1.82, 2.24) is 5.32 Å². The van der Waals surface area contributed by atoms with E-state index in [1.807, 2.05) is 32.0 Å². The zero-order valence-electron chi connectivity index (χ0n) is 15.5. The summed E-state index contributed by atoms with van der Waals surface area (Å²) in [7, 11) is 1.30. The van der Waals surface area contributed by atoms with Crippen molar-refractivity contribution in [3.63, 3.8) is 0 Å². The molecule has 7 nitrogen and oxygen atoms in total. The molecule has 0 saturated heterocycles. The van der Waals surface area contributed by atoms with E-state index < -0.39 is 11.9 Å². The second-order valence-electron chi connectivity index (χ2n) is 5.90. The average Bonchev–Trinajstić information content (AvgIpc) is 2.67. The number of aryl methyl sites for hydroxylation is 2. The van der Waals surface area contributed by atoms with Gasteiger partial charge in [-0.25, -0.2) is 4.79 Å². The molecule has 0 aliphatic heterocycles. The van der Waals surface area contributed by atoms with Gasteiger partial charge in [-0.1, -0.05) is 18.2 Å². The third-order valence-electron chi connectivity index (χ3n) is 3.84. The van der Waals surface area contributed by atoms with Gasteiger partial charge < -0.3 is 20.1 Å². The third-order valence-corrected chi connectivity index (χ3v) is 3.84. The third kappa shape index (κ3) is 5.85. The molecule has 0 bridgehead atoms. The van der Waals surface area contributed by atoms with Gasteiger partial charge in [-0.2, -0.15) is 0 Å². The summed E-state index contributed by atoms with van der Waals surface area (Å²) in [6, 6.07) is 11.9. The Morgan fingerprint density at radius 2 is 1.56 bits per heavy atom. The topological polar surface area (TPSA) is 93.7 Å². The Balaban J connectivity index is 1.77. The Bertz CT molecular complexity index is 811. The fourth-order valence-electron chi connectivity index (χ4n) is 2.38. The maximum Gasteiger partial charge on any atom is 0.337 e. The van der Waals surface area contributed by atoms with Crippen LogP contribution in [0.15, 0.2) is 42.5 Å². The molecule has 0 radical (unpaired) electrons. The molecule has 142 valence electrons. The van der Waals surface area contributed by atoms with Crippen molar-refractivity contribution in [3.05, 3.63) is 59.2 Å². The van der Waals surface area contributed by atoms with Crippen molar-refractivity contribution < 1.29 is 23.9 Å². The Kier molecular flexibility index (Phi) is 6.93. The van der Waals surface area contributed by atoms with Crippen LogP contribution in [0, 0.1) is 13.8 Å². The number of methoxy groups -OCH3 is 1. The lowest BCUT2D eigenvalue weighted by atomic mass is 10.1. The number of ether oxygens (including phenoxy) is 2. The molecular formula is C20H22N2O5. The first kappa shape index (κ1) is 20.0. The van der Waals surface area contributed by atoms with Crippen LogP contribution < -0.4 is 15.4 Å². The molecule has 0 spiro atoms. The van der Waals surface area contributed by atoms with Gasteiger partial charge in [0, 0.05) is 5.69 Å². The molecule has 0 aliphatic rings. The first-order chi connectivity index (χ1) is 12.9. The number of rotatable bonds is 7. The first-order valence-corrected chi connectivity index (χ1v) is 8.34. The lowest BCUT2D eigenvalue weighted by Gasteiger charge is -2.12. The molecule has 2 aromatic carbocycles. The lowest BCUT2D eigenvalue weighted by molar-refractivity contribution is -0.125. The summed E-state index contributed by atoms with van der Waals surface area (Å²) >= 11 is 0. The van der Waals surface area contributed by atoms with Crippen molar-refractivity contribution >= 4 is 23.5 Å². The number of anilines is 1. The minimum Gasteiger partial charge on any atom is -0.484 e. The molecule has 27 heavy (non-hydrogen) atoms. The van der Waals surface area contributed by atoms with Gasteiger partial charge in [0.25, 0.3) is 5.91 Å². The minimum atomic E-state index is -0.450. The van der Waals surface area contributed by atoms with E-state index in [9.17, 15) is 14.4 Å². The van der Waals surface area contributed by atoms with Gasteiger partial charge in [0.15, 0.2) is 6.61 Å². The molecule has 0 atom stereocenters. The van der Waals surface area contributed by atoms with Crippen LogP contribution in [-0.4, -0.2) is 38.0 Å². The van der Waals surface area contributed by atoms with E-state index in [1.165, 1.54) is 19.2 Å². The number of amides is 2. The number of hydrogen-bond donors (Lipinski definition) is 2. The largest absolute Gasteiger partial charge is 0.484 e. The van der Waals surface area contributed by atoms with Crippen molar-refractivity contribution in [1.29, 1.82) is 0 Å². The monoisotopic (exact) mass is 370 g/mol. The molecule has 2 N–H and O–H groups in total. The molecule has 0 saturated carbocycles. The second-order valence-corrected chi connectivity index (χ2v) is 5.90. The minimum absolute atomic E-state index is 0.156. The zero-order valence-corrected chi connectivity index (χ0v) is 15.5. The molecule has 0 aliphatic carbocycles. The first-order valence-electron chi connectivity index (χ1n) is 8.34. The fourth-order valence-corrected chi connectivity index (χ4v) is 2.38. The van der Waals surface area contributed by atoms with Crippen LogP contribution in [-0.2, 0) is 14.3 Å². The Labute approximate surface area is 157 Å². The molecule has 7 heteroatoms. The lowest BCUT2D eigenvalue weighted by Crippen LogP contribution is -2.36. The Morgan fingerprint density at radius 1 is 0.926 bits per heavy atom.